The summed E-state index contributed by atoms with van der Waals surface area (Å²) in [5.41, 5.74) is 7.56. The quantitative estimate of drug-likeness (QED) is 0.791. The summed E-state index contributed by atoms with van der Waals surface area (Å²) in [6, 6.07) is 7.74. The van der Waals surface area contributed by atoms with Crippen molar-refractivity contribution in [3.05, 3.63) is 29.8 Å². The van der Waals surface area contributed by atoms with Gasteiger partial charge in [-0.3, -0.25) is 4.79 Å². The van der Waals surface area contributed by atoms with Gasteiger partial charge in [-0.1, -0.05) is 12.1 Å². The van der Waals surface area contributed by atoms with Crippen LogP contribution in [0.25, 0.3) is 0 Å². The van der Waals surface area contributed by atoms with Gasteiger partial charge < -0.3 is 15.8 Å². The molecule has 98 valence electrons. The van der Waals surface area contributed by atoms with Crippen LogP contribution >= 0.6 is 0 Å². The first kappa shape index (κ1) is 12.9. The molecule has 4 nitrogen and oxygen atoms in total. The highest BCUT2D eigenvalue weighted by Gasteiger charge is 2.30. The van der Waals surface area contributed by atoms with Crippen LogP contribution in [-0.2, 0) is 16.0 Å². The smallest absolute Gasteiger partial charge is 0.225 e. The normalized spacial score (nSPS) is 22.9. The molecule has 0 radical (unpaired) electrons. The van der Waals surface area contributed by atoms with Crippen LogP contribution in [0.5, 0.6) is 0 Å². The van der Waals surface area contributed by atoms with Gasteiger partial charge in [0.05, 0.1) is 12.0 Å². The molecule has 1 aromatic rings. The molecule has 2 atom stereocenters. The van der Waals surface area contributed by atoms with Gasteiger partial charge in [-0.2, -0.15) is 0 Å². The summed E-state index contributed by atoms with van der Waals surface area (Å²) in [7, 11) is 0. The Bertz CT molecular complexity index is 403. The van der Waals surface area contributed by atoms with Gasteiger partial charge in [0.1, 0.15) is 0 Å². The van der Waals surface area contributed by atoms with Gasteiger partial charge in [0.15, 0.2) is 0 Å². The molecule has 0 aliphatic carbocycles. The minimum absolute atomic E-state index is 0.0106. The molecule has 1 aromatic carbocycles. The average Bonchev–Trinajstić information content (AvgIpc) is 2.78. The van der Waals surface area contributed by atoms with Crippen molar-refractivity contribution >= 4 is 11.6 Å². The van der Waals surface area contributed by atoms with Gasteiger partial charge in [-0.15, -0.1) is 0 Å². The second kappa shape index (κ2) is 5.87. The number of benzene rings is 1. The number of hydrogen-bond acceptors (Lipinski definition) is 3. The van der Waals surface area contributed by atoms with Crippen LogP contribution in [0.15, 0.2) is 24.3 Å². The fourth-order valence-corrected chi connectivity index (χ4v) is 2.22. The van der Waals surface area contributed by atoms with Gasteiger partial charge in [0.2, 0.25) is 5.91 Å². The number of carbonyl (C=O) groups excluding carboxylic acids is 1. The Balaban J connectivity index is 1.75. The number of ether oxygens (including phenoxy) is 1. The Kier molecular flexibility index (Phi) is 4.20. The van der Waals surface area contributed by atoms with Gasteiger partial charge >= 0.3 is 0 Å². The van der Waals surface area contributed by atoms with Gasteiger partial charge in [0, 0.05) is 18.8 Å². The summed E-state index contributed by atoms with van der Waals surface area (Å²) < 4.78 is 5.39. The predicted octanol–water partition coefficient (Wildman–Crippen LogP) is 1.35. The molecule has 1 amide bonds. The largest absolute Gasteiger partial charge is 0.399 e. The molecule has 1 aliphatic rings. The minimum Gasteiger partial charge on any atom is -0.399 e. The van der Waals surface area contributed by atoms with E-state index in [0.717, 1.165) is 18.5 Å². The molecular formula is C14H20N2O2. The third-order valence-electron chi connectivity index (χ3n) is 3.41. The maximum Gasteiger partial charge on any atom is 0.225 e. The topological polar surface area (TPSA) is 64.3 Å². The molecule has 4 heteroatoms. The maximum atomic E-state index is 11.9. The van der Waals surface area contributed by atoms with Crippen molar-refractivity contribution in [2.75, 3.05) is 18.9 Å². The van der Waals surface area contributed by atoms with Crippen LogP contribution < -0.4 is 11.1 Å². The lowest BCUT2D eigenvalue weighted by Crippen LogP contribution is -2.35. The molecule has 0 bridgehead atoms. The summed E-state index contributed by atoms with van der Waals surface area (Å²) in [5, 5.41) is 2.97. The van der Waals surface area contributed by atoms with Gasteiger partial charge in [0.25, 0.3) is 0 Å². The van der Waals surface area contributed by atoms with Crippen LogP contribution in [0, 0.1) is 5.92 Å². The van der Waals surface area contributed by atoms with E-state index in [9.17, 15) is 4.79 Å². The van der Waals surface area contributed by atoms with E-state index in [1.165, 1.54) is 5.56 Å². The molecule has 3 N–H and O–H groups in total. The summed E-state index contributed by atoms with van der Waals surface area (Å²) in [6.45, 7) is 3.31. The highest BCUT2D eigenvalue weighted by molar-refractivity contribution is 5.79. The van der Waals surface area contributed by atoms with E-state index in [1.807, 2.05) is 31.2 Å². The Hall–Kier alpha value is -1.55. The van der Waals surface area contributed by atoms with Crippen LogP contribution in [0.3, 0.4) is 0 Å². The van der Waals surface area contributed by atoms with Crippen LogP contribution in [0.4, 0.5) is 5.69 Å². The SMILES string of the molecule is CC1OCCC1C(=O)NCCc1ccc(N)cc1. The van der Waals surface area contributed by atoms with Crippen molar-refractivity contribution in [1.82, 2.24) is 5.32 Å². The Morgan fingerprint density at radius 2 is 2.17 bits per heavy atom. The van der Waals surface area contributed by atoms with Gasteiger partial charge in [-0.05, 0) is 37.5 Å². The second-order valence-corrected chi connectivity index (χ2v) is 4.75. The lowest BCUT2D eigenvalue weighted by Gasteiger charge is -2.14. The van der Waals surface area contributed by atoms with Gasteiger partial charge in [-0.25, -0.2) is 0 Å². The van der Waals surface area contributed by atoms with E-state index >= 15 is 0 Å². The standard InChI is InChI=1S/C14H20N2O2/c1-10-13(7-9-18-10)14(17)16-8-6-11-2-4-12(15)5-3-11/h2-5,10,13H,6-9,15H2,1H3,(H,16,17). The Morgan fingerprint density at radius 3 is 2.78 bits per heavy atom. The highest BCUT2D eigenvalue weighted by atomic mass is 16.5. The number of amides is 1. The molecule has 18 heavy (non-hydrogen) atoms. The zero-order valence-corrected chi connectivity index (χ0v) is 10.7. The number of carbonyl (C=O) groups is 1. The van der Waals surface area contributed by atoms with Crippen LogP contribution in [0.2, 0.25) is 0 Å². The number of anilines is 1. The third kappa shape index (κ3) is 3.23. The second-order valence-electron chi connectivity index (χ2n) is 4.75. The summed E-state index contributed by atoms with van der Waals surface area (Å²) in [6.07, 6.45) is 1.70. The summed E-state index contributed by atoms with van der Waals surface area (Å²) in [5.74, 6) is 0.117. The molecule has 2 rings (SSSR count). The molecule has 0 spiro atoms. The fourth-order valence-electron chi connectivity index (χ4n) is 2.22. The van der Waals surface area contributed by atoms with Crippen molar-refractivity contribution in [2.24, 2.45) is 5.92 Å². The van der Waals surface area contributed by atoms with E-state index in [2.05, 4.69) is 5.32 Å². The average molecular weight is 248 g/mol. The number of nitrogens with two attached hydrogens (primary N) is 1. The zero-order chi connectivity index (χ0) is 13.0. The Labute approximate surface area is 108 Å². The molecule has 1 saturated heterocycles. The number of rotatable bonds is 4. The van der Waals surface area contributed by atoms with Crippen molar-refractivity contribution in [1.29, 1.82) is 0 Å². The lowest BCUT2D eigenvalue weighted by molar-refractivity contribution is -0.126. The van der Waals surface area contributed by atoms with Crippen molar-refractivity contribution in [2.45, 2.75) is 25.9 Å². The fraction of sp³-hybridized carbons (Fsp3) is 0.500. The first-order valence-electron chi connectivity index (χ1n) is 6.40. The Morgan fingerprint density at radius 1 is 1.44 bits per heavy atom. The number of nitrogens with one attached hydrogen (secondary N) is 1. The first-order valence-corrected chi connectivity index (χ1v) is 6.40. The molecular weight excluding hydrogens is 228 g/mol. The zero-order valence-electron chi connectivity index (χ0n) is 10.7. The number of hydrogen-bond donors (Lipinski definition) is 2. The van der Waals surface area contributed by atoms with Crippen molar-refractivity contribution < 1.29 is 9.53 Å². The number of nitrogen functional groups attached to an aromatic ring is 1. The minimum atomic E-state index is 0.0106. The van der Waals surface area contributed by atoms with E-state index in [1.54, 1.807) is 0 Å². The maximum absolute atomic E-state index is 11.9. The molecule has 1 fully saturated rings. The third-order valence-corrected chi connectivity index (χ3v) is 3.41. The molecule has 0 aromatic heterocycles. The van der Waals surface area contributed by atoms with E-state index in [-0.39, 0.29) is 17.9 Å². The molecule has 1 aliphatic heterocycles. The molecule has 0 saturated carbocycles. The molecule has 1 heterocycles. The summed E-state index contributed by atoms with van der Waals surface area (Å²) >= 11 is 0. The van der Waals surface area contributed by atoms with E-state index in [4.69, 9.17) is 10.5 Å². The van der Waals surface area contributed by atoms with Crippen LogP contribution in [-0.4, -0.2) is 25.2 Å². The van der Waals surface area contributed by atoms with Crippen molar-refractivity contribution in [3.63, 3.8) is 0 Å². The monoisotopic (exact) mass is 248 g/mol. The highest BCUT2D eigenvalue weighted by Crippen LogP contribution is 2.20. The van der Waals surface area contributed by atoms with E-state index < -0.39 is 0 Å². The predicted molar refractivity (Wildman–Crippen MR) is 71.1 cm³/mol. The van der Waals surface area contributed by atoms with Crippen LogP contribution in [0.1, 0.15) is 18.9 Å². The molecule has 2 unspecified atom stereocenters. The lowest BCUT2D eigenvalue weighted by atomic mass is 10.0. The first-order chi connectivity index (χ1) is 8.66. The van der Waals surface area contributed by atoms with E-state index in [0.29, 0.717) is 13.2 Å². The van der Waals surface area contributed by atoms with Crippen molar-refractivity contribution in [3.8, 4) is 0 Å². The summed E-state index contributed by atoms with van der Waals surface area (Å²) in [4.78, 5) is 11.9.